The monoisotopic (exact) mass is 263 g/mol. The quantitative estimate of drug-likeness (QED) is 0.850. The molecule has 5 heteroatoms. The molecule has 0 aliphatic carbocycles. The average molecular weight is 264 g/mol. The van der Waals surface area contributed by atoms with Gasteiger partial charge in [0.1, 0.15) is 6.04 Å². The van der Waals surface area contributed by atoms with Gasteiger partial charge in [-0.25, -0.2) is 4.79 Å². The molecule has 0 saturated heterocycles. The lowest BCUT2D eigenvalue weighted by atomic mass is 10.2. The highest BCUT2D eigenvalue weighted by molar-refractivity contribution is 9.11. The summed E-state index contributed by atoms with van der Waals surface area (Å²) in [7, 11) is 0. The highest BCUT2D eigenvalue weighted by Gasteiger charge is 2.17. The first kappa shape index (κ1) is 10.7. The van der Waals surface area contributed by atoms with Crippen molar-refractivity contribution in [2.75, 3.05) is 6.61 Å². The number of rotatable bonds is 3. The van der Waals surface area contributed by atoms with Crippen LogP contribution in [0.3, 0.4) is 0 Å². The van der Waals surface area contributed by atoms with Gasteiger partial charge in [-0.15, -0.1) is 11.3 Å². The maximum absolute atomic E-state index is 11.2. The number of hydrogen-bond acceptors (Lipinski definition) is 4. The number of carbonyl (C=O) groups is 1. The second kappa shape index (κ2) is 4.74. The molecule has 0 aromatic carbocycles. The van der Waals surface area contributed by atoms with Crippen molar-refractivity contribution in [1.29, 1.82) is 0 Å². The van der Waals surface area contributed by atoms with Crippen molar-refractivity contribution < 1.29 is 9.53 Å². The molecule has 0 aliphatic rings. The topological polar surface area (TPSA) is 52.3 Å². The number of ether oxygens (including phenoxy) is 1. The molecule has 0 saturated carbocycles. The lowest BCUT2D eigenvalue weighted by molar-refractivity contribution is -0.144. The third-order valence-corrected chi connectivity index (χ3v) is 3.01. The predicted octanol–water partition coefficient (Wildman–Crippen LogP) is 2.07. The Morgan fingerprint density at radius 3 is 3.00 bits per heavy atom. The molecule has 0 amide bonds. The first-order chi connectivity index (χ1) is 6.15. The van der Waals surface area contributed by atoms with E-state index in [0.717, 1.165) is 9.35 Å². The van der Waals surface area contributed by atoms with Gasteiger partial charge in [-0.05, 0) is 39.9 Å². The van der Waals surface area contributed by atoms with E-state index >= 15 is 0 Å². The Labute approximate surface area is 89.0 Å². The third-order valence-electron chi connectivity index (χ3n) is 1.49. The van der Waals surface area contributed by atoms with Crippen molar-refractivity contribution in [3.63, 3.8) is 0 Å². The molecule has 0 aliphatic heterocycles. The van der Waals surface area contributed by atoms with Crippen LogP contribution in [-0.4, -0.2) is 12.6 Å². The normalized spacial score (nSPS) is 12.5. The Morgan fingerprint density at radius 2 is 2.54 bits per heavy atom. The summed E-state index contributed by atoms with van der Waals surface area (Å²) in [6.07, 6.45) is 0. The first-order valence-corrected chi connectivity index (χ1v) is 5.48. The molecular weight excluding hydrogens is 254 g/mol. The summed E-state index contributed by atoms with van der Waals surface area (Å²) in [5.74, 6) is -0.382. The van der Waals surface area contributed by atoms with Crippen LogP contribution in [0.2, 0.25) is 0 Å². The van der Waals surface area contributed by atoms with Crippen molar-refractivity contribution >= 4 is 33.2 Å². The van der Waals surface area contributed by atoms with Gasteiger partial charge in [0.05, 0.1) is 10.4 Å². The molecular formula is C8H10BrNO2S. The summed E-state index contributed by atoms with van der Waals surface area (Å²) in [5, 5.41) is 1.84. The molecule has 0 spiro atoms. The Morgan fingerprint density at radius 1 is 1.85 bits per heavy atom. The van der Waals surface area contributed by atoms with E-state index in [9.17, 15) is 4.79 Å². The maximum Gasteiger partial charge on any atom is 0.327 e. The molecule has 13 heavy (non-hydrogen) atoms. The van der Waals surface area contributed by atoms with Gasteiger partial charge in [-0.1, -0.05) is 0 Å². The van der Waals surface area contributed by atoms with Crippen LogP contribution in [0.15, 0.2) is 15.2 Å². The molecule has 1 rings (SSSR count). The van der Waals surface area contributed by atoms with Crippen LogP contribution in [0.1, 0.15) is 18.5 Å². The van der Waals surface area contributed by atoms with Gasteiger partial charge in [0.15, 0.2) is 0 Å². The maximum atomic E-state index is 11.2. The van der Waals surface area contributed by atoms with Crippen molar-refractivity contribution in [1.82, 2.24) is 0 Å². The van der Waals surface area contributed by atoms with Gasteiger partial charge < -0.3 is 10.5 Å². The van der Waals surface area contributed by atoms with Crippen molar-refractivity contribution in [3.8, 4) is 0 Å². The summed E-state index contributed by atoms with van der Waals surface area (Å²) in [4.78, 5) is 11.2. The number of hydrogen-bond donors (Lipinski definition) is 1. The zero-order valence-corrected chi connectivity index (χ0v) is 9.52. The fraction of sp³-hybridized carbons (Fsp3) is 0.375. The van der Waals surface area contributed by atoms with Crippen LogP contribution >= 0.6 is 27.3 Å². The SMILES string of the molecule is CCOC(=O)C(N)c1csc(Br)c1. The van der Waals surface area contributed by atoms with Crippen molar-refractivity contribution in [3.05, 3.63) is 20.8 Å². The summed E-state index contributed by atoms with van der Waals surface area (Å²) >= 11 is 4.80. The standard InChI is InChI=1S/C8H10BrNO2S/c1-2-12-8(11)7(10)5-3-6(9)13-4-5/h3-4,7H,2,10H2,1H3. The Bertz CT molecular complexity index is 300. The zero-order chi connectivity index (χ0) is 9.84. The molecule has 0 radical (unpaired) electrons. The molecule has 1 unspecified atom stereocenters. The van der Waals surface area contributed by atoms with Gasteiger partial charge in [0.25, 0.3) is 0 Å². The fourth-order valence-electron chi connectivity index (χ4n) is 0.855. The van der Waals surface area contributed by atoms with E-state index in [2.05, 4.69) is 15.9 Å². The highest BCUT2D eigenvalue weighted by Crippen LogP contribution is 2.24. The smallest absolute Gasteiger partial charge is 0.327 e. The molecule has 0 fully saturated rings. The largest absolute Gasteiger partial charge is 0.465 e. The lowest BCUT2D eigenvalue weighted by Gasteiger charge is -2.07. The summed E-state index contributed by atoms with van der Waals surface area (Å²) in [5.41, 5.74) is 6.44. The second-order valence-electron chi connectivity index (χ2n) is 2.41. The predicted molar refractivity (Wildman–Crippen MR) is 55.6 cm³/mol. The van der Waals surface area contributed by atoms with Gasteiger partial charge in [-0.3, -0.25) is 0 Å². The van der Waals surface area contributed by atoms with Crippen LogP contribution in [0, 0.1) is 0 Å². The number of thiophene rings is 1. The summed E-state index contributed by atoms with van der Waals surface area (Å²) < 4.78 is 5.75. The molecule has 1 aromatic heterocycles. The fourth-order valence-corrected chi connectivity index (χ4v) is 2.07. The summed E-state index contributed by atoms with van der Waals surface area (Å²) in [6.45, 7) is 2.12. The minimum absolute atomic E-state index is 0.359. The number of esters is 1. The van der Waals surface area contributed by atoms with Crippen LogP contribution in [-0.2, 0) is 9.53 Å². The van der Waals surface area contributed by atoms with E-state index < -0.39 is 6.04 Å². The molecule has 1 atom stereocenters. The number of carbonyl (C=O) groups excluding carboxylic acids is 1. The second-order valence-corrected chi connectivity index (χ2v) is 4.70. The van der Waals surface area contributed by atoms with E-state index in [1.165, 1.54) is 11.3 Å². The van der Waals surface area contributed by atoms with E-state index in [1.807, 2.05) is 11.4 Å². The van der Waals surface area contributed by atoms with Gasteiger partial charge in [-0.2, -0.15) is 0 Å². The summed E-state index contributed by atoms with van der Waals surface area (Å²) in [6, 6.07) is 1.16. The van der Waals surface area contributed by atoms with Crippen LogP contribution in [0.4, 0.5) is 0 Å². The van der Waals surface area contributed by atoms with E-state index in [1.54, 1.807) is 6.92 Å². The molecule has 72 valence electrons. The first-order valence-electron chi connectivity index (χ1n) is 3.81. The molecule has 2 N–H and O–H groups in total. The van der Waals surface area contributed by atoms with Gasteiger partial charge >= 0.3 is 5.97 Å². The number of nitrogens with two attached hydrogens (primary N) is 1. The minimum atomic E-state index is -0.664. The highest BCUT2D eigenvalue weighted by atomic mass is 79.9. The van der Waals surface area contributed by atoms with Gasteiger partial charge in [0, 0.05) is 0 Å². The van der Waals surface area contributed by atoms with Crippen molar-refractivity contribution in [2.24, 2.45) is 5.73 Å². The van der Waals surface area contributed by atoms with Gasteiger partial charge in [0.2, 0.25) is 0 Å². The van der Waals surface area contributed by atoms with Crippen molar-refractivity contribution in [2.45, 2.75) is 13.0 Å². The minimum Gasteiger partial charge on any atom is -0.465 e. The molecule has 1 heterocycles. The zero-order valence-electron chi connectivity index (χ0n) is 7.12. The van der Waals surface area contributed by atoms with Crippen LogP contribution in [0.25, 0.3) is 0 Å². The van der Waals surface area contributed by atoms with E-state index in [4.69, 9.17) is 10.5 Å². The molecule has 3 nitrogen and oxygen atoms in total. The Hall–Kier alpha value is -0.390. The number of halogens is 1. The average Bonchev–Trinajstić information content (AvgIpc) is 2.51. The Kier molecular flexibility index (Phi) is 3.90. The molecule has 1 aromatic rings. The Balaban J connectivity index is 2.67. The molecule has 0 bridgehead atoms. The van der Waals surface area contributed by atoms with Crippen LogP contribution in [0.5, 0.6) is 0 Å². The lowest BCUT2D eigenvalue weighted by Crippen LogP contribution is -2.23. The van der Waals surface area contributed by atoms with E-state index in [0.29, 0.717) is 6.61 Å². The van der Waals surface area contributed by atoms with E-state index in [-0.39, 0.29) is 5.97 Å². The third kappa shape index (κ3) is 2.79. The van der Waals surface area contributed by atoms with Crippen LogP contribution < -0.4 is 5.73 Å².